The van der Waals surface area contributed by atoms with Gasteiger partial charge < -0.3 is 14.7 Å². The first-order chi connectivity index (χ1) is 14.8. The Morgan fingerprint density at radius 2 is 2.00 bits per heavy atom. The van der Waals surface area contributed by atoms with Gasteiger partial charge in [-0.15, -0.1) is 5.10 Å². The van der Waals surface area contributed by atoms with Crippen LogP contribution >= 0.6 is 0 Å². The Bertz CT molecular complexity index is 1180. The number of nitrogens with zero attached hydrogens (tertiary/aromatic N) is 4. The van der Waals surface area contributed by atoms with Crippen LogP contribution in [0.4, 0.5) is 19.2 Å². The van der Waals surface area contributed by atoms with Crippen LogP contribution < -0.4 is 5.32 Å². The van der Waals surface area contributed by atoms with Gasteiger partial charge in [-0.3, -0.25) is 0 Å². The highest BCUT2D eigenvalue weighted by Gasteiger charge is 2.41. The van der Waals surface area contributed by atoms with Crippen molar-refractivity contribution in [2.45, 2.75) is 44.7 Å². The van der Waals surface area contributed by atoms with Gasteiger partial charge >= 0.3 is 12.2 Å². The molecule has 0 spiro atoms. The zero-order valence-electron chi connectivity index (χ0n) is 17.3. The van der Waals surface area contributed by atoms with Crippen LogP contribution in [0.2, 0.25) is 0 Å². The molecule has 0 unspecified atom stereocenters. The molecule has 1 N–H and O–H groups in total. The second-order valence-electron chi connectivity index (χ2n) is 8.58. The summed E-state index contributed by atoms with van der Waals surface area (Å²) in [4.78, 5) is 8.38. The van der Waals surface area contributed by atoms with E-state index >= 15 is 0 Å². The number of hydrogen-bond acceptors (Lipinski definition) is 6. The van der Waals surface area contributed by atoms with Crippen molar-refractivity contribution < 1.29 is 17.6 Å². The van der Waals surface area contributed by atoms with E-state index in [0.29, 0.717) is 17.5 Å². The third-order valence-corrected chi connectivity index (χ3v) is 6.03. The summed E-state index contributed by atoms with van der Waals surface area (Å²) in [6.07, 6.45) is 1.34. The summed E-state index contributed by atoms with van der Waals surface area (Å²) in [5, 5.41) is 11.6. The second kappa shape index (κ2) is 7.03. The minimum Gasteiger partial charge on any atom is -0.402 e. The molecule has 2 saturated carbocycles. The highest BCUT2D eigenvalue weighted by atomic mass is 19.4. The molecule has 2 heterocycles. The highest BCUT2D eigenvalue weighted by molar-refractivity contribution is 5.88. The fourth-order valence-electron chi connectivity index (χ4n) is 3.93. The highest BCUT2D eigenvalue weighted by Crippen LogP contribution is 2.45. The maximum Gasteiger partial charge on any atom is 0.418 e. The molecule has 0 aliphatic heterocycles. The van der Waals surface area contributed by atoms with Crippen molar-refractivity contribution in [3.05, 3.63) is 34.9 Å². The van der Waals surface area contributed by atoms with Crippen molar-refractivity contribution >= 4 is 23.1 Å². The molecule has 2 aromatic heterocycles. The average molecular weight is 429 g/mol. The normalized spacial score (nSPS) is 18.1. The van der Waals surface area contributed by atoms with Crippen LogP contribution in [-0.2, 0) is 6.18 Å². The van der Waals surface area contributed by atoms with Gasteiger partial charge in [0, 0.05) is 30.6 Å². The van der Waals surface area contributed by atoms with Crippen LogP contribution in [0, 0.1) is 12.3 Å². The van der Waals surface area contributed by atoms with Gasteiger partial charge in [-0.25, -0.2) is 4.98 Å². The fourth-order valence-corrected chi connectivity index (χ4v) is 3.93. The quantitative estimate of drug-likeness (QED) is 0.532. The van der Waals surface area contributed by atoms with Gasteiger partial charge in [-0.2, -0.15) is 13.2 Å². The molecule has 162 valence electrons. The van der Waals surface area contributed by atoms with Crippen molar-refractivity contribution in [2.24, 2.45) is 10.4 Å². The number of aryl methyl sites for hydroxylation is 1. The molecule has 31 heavy (non-hydrogen) atoms. The third kappa shape index (κ3) is 3.88. The van der Waals surface area contributed by atoms with Crippen LogP contribution in [0.1, 0.15) is 48.3 Å². The van der Waals surface area contributed by atoms with E-state index in [1.807, 2.05) is 12.3 Å². The number of nitrogens with one attached hydrogen (secondary N) is 1. The molecular formula is C22H22F3N5O. The van der Waals surface area contributed by atoms with E-state index in [2.05, 4.69) is 25.5 Å². The Morgan fingerprint density at radius 1 is 1.23 bits per heavy atom. The van der Waals surface area contributed by atoms with E-state index in [-0.39, 0.29) is 34.4 Å². The summed E-state index contributed by atoms with van der Waals surface area (Å²) in [5.41, 5.74) is 0.858. The molecule has 0 amide bonds. The zero-order chi connectivity index (χ0) is 21.8. The Hall–Kier alpha value is -2.97. The van der Waals surface area contributed by atoms with E-state index in [9.17, 15) is 13.2 Å². The van der Waals surface area contributed by atoms with E-state index in [4.69, 9.17) is 4.42 Å². The minimum absolute atomic E-state index is 0.0159. The van der Waals surface area contributed by atoms with E-state index < -0.39 is 11.7 Å². The first-order valence-electron chi connectivity index (χ1n) is 10.3. The number of hydrogen-bond donors (Lipinski definition) is 1. The molecule has 5 rings (SSSR count). The number of rotatable bonds is 6. The number of alkyl halides is 3. The van der Waals surface area contributed by atoms with Gasteiger partial charge in [-0.05, 0) is 67.9 Å². The largest absolute Gasteiger partial charge is 0.418 e. The molecule has 0 atom stereocenters. The SMILES string of the molecule is CN=CC1(CNc2nnc(-c3cc(C)c4cc(C5CC5)cc(C(F)(F)F)c4n3)o2)CC1. The summed E-state index contributed by atoms with van der Waals surface area (Å²) >= 11 is 0. The molecule has 6 nitrogen and oxygen atoms in total. The summed E-state index contributed by atoms with van der Waals surface area (Å²) in [6, 6.07) is 4.98. The monoisotopic (exact) mass is 429 g/mol. The number of anilines is 1. The van der Waals surface area contributed by atoms with Gasteiger partial charge in [0.1, 0.15) is 5.69 Å². The molecule has 2 aliphatic carbocycles. The maximum atomic E-state index is 13.8. The topological polar surface area (TPSA) is 76.2 Å². The van der Waals surface area contributed by atoms with Crippen molar-refractivity contribution in [1.29, 1.82) is 0 Å². The Balaban J connectivity index is 1.49. The Labute approximate surface area is 177 Å². The lowest BCUT2D eigenvalue weighted by molar-refractivity contribution is -0.136. The van der Waals surface area contributed by atoms with Gasteiger partial charge in [0.05, 0.1) is 11.1 Å². The zero-order valence-corrected chi connectivity index (χ0v) is 17.3. The summed E-state index contributed by atoms with van der Waals surface area (Å²) in [5.74, 6) is 0.294. The van der Waals surface area contributed by atoms with Crippen LogP contribution in [0.15, 0.2) is 27.6 Å². The minimum atomic E-state index is -4.50. The van der Waals surface area contributed by atoms with Crippen LogP contribution in [-0.4, -0.2) is 35.0 Å². The van der Waals surface area contributed by atoms with Gasteiger partial charge in [-0.1, -0.05) is 5.10 Å². The van der Waals surface area contributed by atoms with Crippen molar-refractivity contribution in [3.8, 4) is 11.6 Å². The van der Waals surface area contributed by atoms with Crippen LogP contribution in [0.5, 0.6) is 0 Å². The Kier molecular flexibility index (Phi) is 4.53. The summed E-state index contributed by atoms with van der Waals surface area (Å²) in [6.45, 7) is 2.39. The first-order valence-corrected chi connectivity index (χ1v) is 10.3. The molecular weight excluding hydrogens is 407 g/mol. The smallest absolute Gasteiger partial charge is 0.402 e. The van der Waals surface area contributed by atoms with Crippen LogP contribution in [0.3, 0.4) is 0 Å². The lowest BCUT2D eigenvalue weighted by Gasteiger charge is -2.14. The van der Waals surface area contributed by atoms with Gasteiger partial charge in [0.15, 0.2) is 0 Å². The lowest BCUT2D eigenvalue weighted by Crippen LogP contribution is -2.16. The second-order valence-corrected chi connectivity index (χ2v) is 8.58. The van der Waals surface area contributed by atoms with Crippen LogP contribution in [0.25, 0.3) is 22.5 Å². The van der Waals surface area contributed by atoms with Crippen molar-refractivity contribution in [1.82, 2.24) is 15.2 Å². The van der Waals surface area contributed by atoms with E-state index in [1.54, 1.807) is 20.0 Å². The van der Waals surface area contributed by atoms with E-state index in [0.717, 1.165) is 31.2 Å². The molecule has 0 saturated heterocycles. The lowest BCUT2D eigenvalue weighted by atomic mass is 9.98. The number of aromatic nitrogens is 3. The van der Waals surface area contributed by atoms with Crippen molar-refractivity contribution in [3.63, 3.8) is 0 Å². The molecule has 1 aromatic carbocycles. The Morgan fingerprint density at radius 3 is 2.65 bits per heavy atom. The predicted octanol–water partition coefficient (Wildman–Crippen LogP) is 5.38. The number of aliphatic imine (C=N–C) groups is 1. The molecule has 2 aliphatic rings. The molecule has 0 bridgehead atoms. The number of benzene rings is 1. The first kappa shape index (κ1) is 20.0. The number of halogens is 3. The van der Waals surface area contributed by atoms with Crippen molar-refractivity contribution in [2.75, 3.05) is 18.9 Å². The standard InChI is InChI=1S/C22H22F3N5O/c1-12-7-17(19-29-30-20(31-19)27-11-21(5-6-21)10-26-2)28-18-15(12)8-14(13-3-4-13)9-16(18)22(23,24)25/h7-10,13H,3-6,11H2,1-2H3,(H,27,30). The predicted molar refractivity (Wildman–Crippen MR) is 111 cm³/mol. The fraction of sp³-hybridized carbons (Fsp3) is 0.455. The summed E-state index contributed by atoms with van der Waals surface area (Å²) in [7, 11) is 1.74. The molecule has 3 aromatic rings. The van der Waals surface area contributed by atoms with Gasteiger partial charge in [0.2, 0.25) is 0 Å². The number of fused-ring (bicyclic) bond motifs is 1. The van der Waals surface area contributed by atoms with Gasteiger partial charge in [0.25, 0.3) is 5.89 Å². The molecule has 9 heteroatoms. The summed E-state index contributed by atoms with van der Waals surface area (Å²) < 4.78 is 47.1. The number of pyridine rings is 1. The third-order valence-electron chi connectivity index (χ3n) is 6.03. The van der Waals surface area contributed by atoms with E-state index in [1.165, 1.54) is 6.07 Å². The maximum absolute atomic E-state index is 13.8. The molecule has 0 radical (unpaired) electrons. The average Bonchev–Trinajstić information content (AvgIpc) is 3.65. The molecule has 2 fully saturated rings.